The van der Waals surface area contributed by atoms with E-state index in [-0.39, 0.29) is 11.3 Å². The number of carbonyl (C=O) groups excluding carboxylic acids is 1. The van der Waals surface area contributed by atoms with Crippen LogP contribution in [-0.2, 0) is 4.79 Å². The van der Waals surface area contributed by atoms with Crippen LogP contribution >= 0.6 is 0 Å². The Hall–Kier alpha value is -0.570. The molecule has 64 valence electrons. The predicted octanol–water partition coefficient (Wildman–Crippen LogP) is 0.122. The molecule has 0 spiro atoms. The van der Waals surface area contributed by atoms with Crippen molar-refractivity contribution < 1.29 is 4.79 Å². The second-order valence-electron chi connectivity index (χ2n) is 3.42. The van der Waals surface area contributed by atoms with E-state index in [1.54, 1.807) is 7.05 Å². The average molecular weight is 156 g/mol. The summed E-state index contributed by atoms with van der Waals surface area (Å²) in [6.07, 6.45) is 2.10. The number of nitrogens with one attached hydrogen (secondary N) is 2. The minimum absolute atomic E-state index is 0.157. The summed E-state index contributed by atoms with van der Waals surface area (Å²) >= 11 is 0. The van der Waals surface area contributed by atoms with E-state index in [0.29, 0.717) is 0 Å². The topological polar surface area (TPSA) is 41.1 Å². The highest BCUT2D eigenvalue weighted by Gasteiger charge is 2.33. The lowest BCUT2D eigenvalue weighted by molar-refractivity contribution is -0.130. The zero-order valence-electron chi connectivity index (χ0n) is 7.24. The highest BCUT2D eigenvalue weighted by Crippen LogP contribution is 2.24. The second-order valence-corrected chi connectivity index (χ2v) is 3.42. The number of carbonyl (C=O) groups is 1. The van der Waals surface area contributed by atoms with E-state index >= 15 is 0 Å². The van der Waals surface area contributed by atoms with Gasteiger partial charge >= 0.3 is 0 Å². The molecule has 0 radical (unpaired) electrons. The maximum atomic E-state index is 11.3. The van der Waals surface area contributed by atoms with E-state index in [2.05, 4.69) is 10.6 Å². The summed E-state index contributed by atoms with van der Waals surface area (Å²) in [6, 6.07) is 0. The van der Waals surface area contributed by atoms with Crippen molar-refractivity contribution in [2.24, 2.45) is 5.41 Å². The smallest absolute Gasteiger partial charge is 0.226 e. The van der Waals surface area contributed by atoms with Crippen molar-refractivity contribution in [1.29, 1.82) is 0 Å². The first-order valence-corrected chi connectivity index (χ1v) is 4.12. The Morgan fingerprint density at radius 3 is 2.82 bits per heavy atom. The van der Waals surface area contributed by atoms with E-state index in [1.165, 1.54) is 0 Å². The van der Waals surface area contributed by atoms with Crippen LogP contribution in [0.25, 0.3) is 0 Å². The molecule has 1 aliphatic rings. The molecular weight excluding hydrogens is 140 g/mol. The SMILES string of the molecule is CNC(=O)[C@]1(C)CCCNC1. The van der Waals surface area contributed by atoms with E-state index < -0.39 is 0 Å². The lowest BCUT2D eigenvalue weighted by atomic mass is 9.82. The van der Waals surface area contributed by atoms with Gasteiger partial charge in [-0.2, -0.15) is 0 Å². The number of hydrogen-bond acceptors (Lipinski definition) is 2. The van der Waals surface area contributed by atoms with E-state index in [0.717, 1.165) is 25.9 Å². The van der Waals surface area contributed by atoms with Crippen molar-refractivity contribution in [3.05, 3.63) is 0 Å². The maximum Gasteiger partial charge on any atom is 0.226 e. The molecule has 0 aromatic rings. The van der Waals surface area contributed by atoms with Gasteiger partial charge in [0.05, 0.1) is 5.41 Å². The van der Waals surface area contributed by atoms with Crippen LogP contribution < -0.4 is 10.6 Å². The van der Waals surface area contributed by atoms with Gasteiger partial charge in [0.2, 0.25) is 5.91 Å². The minimum Gasteiger partial charge on any atom is -0.359 e. The third kappa shape index (κ3) is 1.71. The van der Waals surface area contributed by atoms with Gasteiger partial charge in [0.25, 0.3) is 0 Å². The summed E-state index contributed by atoms with van der Waals surface area (Å²) in [4.78, 5) is 11.3. The highest BCUT2D eigenvalue weighted by molar-refractivity contribution is 5.82. The van der Waals surface area contributed by atoms with Crippen molar-refractivity contribution in [2.45, 2.75) is 19.8 Å². The standard InChI is InChI=1S/C8H16N2O/c1-8(7(11)9-2)4-3-5-10-6-8/h10H,3-6H2,1-2H3,(H,9,11)/t8-/m1/s1. The zero-order chi connectivity index (χ0) is 8.32. The molecule has 1 atom stereocenters. The fourth-order valence-electron chi connectivity index (χ4n) is 1.55. The van der Waals surface area contributed by atoms with Crippen LogP contribution in [0.1, 0.15) is 19.8 Å². The molecule has 0 saturated carbocycles. The summed E-state index contributed by atoms with van der Waals surface area (Å²) in [7, 11) is 1.70. The first-order chi connectivity index (χ1) is 5.19. The Labute approximate surface area is 67.5 Å². The molecule has 3 heteroatoms. The number of amides is 1. The third-order valence-corrected chi connectivity index (χ3v) is 2.37. The molecule has 3 nitrogen and oxygen atoms in total. The van der Waals surface area contributed by atoms with Crippen molar-refractivity contribution in [3.63, 3.8) is 0 Å². The van der Waals surface area contributed by atoms with E-state index in [1.807, 2.05) is 6.92 Å². The number of hydrogen-bond donors (Lipinski definition) is 2. The van der Waals surface area contributed by atoms with Gasteiger partial charge in [-0.1, -0.05) is 0 Å². The van der Waals surface area contributed by atoms with Gasteiger partial charge in [0.1, 0.15) is 0 Å². The molecule has 1 amide bonds. The molecule has 0 aliphatic carbocycles. The molecule has 1 rings (SSSR count). The van der Waals surface area contributed by atoms with Crippen molar-refractivity contribution in [2.75, 3.05) is 20.1 Å². The first-order valence-electron chi connectivity index (χ1n) is 4.12. The largest absolute Gasteiger partial charge is 0.359 e. The summed E-state index contributed by atoms with van der Waals surface area (Å²) in [5.74, 6) is 0.157. The van der Waals surface area contributed by atoms with Crippen LogP contribution in [0, 0.1) is 5.41 Å². The Bertz CT molecular complexity index is 150. The molecule has 11 heavy (non-hydrogen) atoms. The fourth-order valence-corrected chi connectivity index (χ4v) is 1.55. The lowest BCUT2D eigenvalue weighted by Crippen LogP contribution is -2.47. The van der Waals surface area contributed by atoms with Crippen molar-refractivity contribution >= 4 is 5.91 Å². The molecule has 0 bridgehead atoms. The summed E-state index contributed by atoms with van der Waals surface area (Å²) in [6.45, 7) is 3.87. The van der Waals surface area contributed by atoms with Gasteiger partial charge in [-0.3, -0.25) is 4.79 Å². The highest BCUT2D eigenvalue weighted by atomic mass is 16.2. The molecule has 0 unspecified atom stereocenters. The normalized spacial score (nSPS) is 31.5. The molecule has 1 saturated heterocycles. The lowest BCUT2D eigenvalue weighted by Gasteiger charge is -2.31. The molecule has 1 aliphatic heterocycles. The Morgan fingerprint density at radius 2 is 2.36 bits per heavy atom. The second kappa shape index (κ2) is 3.22. The number of piperidine rings is 1. The van der Waals surface area contributed by atoms with Gasteiger partial charge in [0, 0.05) is 13.6 Å². The van der Waals surface area contributed by atoms with Gasteiger partial charge in [-0.15, -0.1) is 0 Å². The van der Waals surface area contributed by atoms with Crippen LogP contribution in [0.5, 0.6) is 0 Å². The molecule has 1 fully saturated rings. The summed E-state index contributed by atoms with van der Waals surface area (Å²) < 4.78 is 0. The quantitative estimate of drug-likeness (QED) is 0.566. The van der Waals surface area contributed by atoms with Gasteiger partial charge in [0.15, 0.2) is 0 Å². The molecule has 0 aromatic heterocycles. The fraction of sp³-hybridized carbons (Fsp3) is 0.875. The van der Waals surface area contributed by atoms with Crippen LogP contribution in [0.3, 0.4) is 0 Å². The van der Waals surface area contributed by atoms with Crippen molar-refractivity contribution in [1.82, 2.24) is 10.6 Å². The van der Waals surface area contributed by atoms with Gasteiger partial charge < -0.3 is 10.6 Å². The van der Waals surface area contributed by atoms with Crippen LogP contribution in [0.15, 0.2) is 0 Å². The number of rotatable bonds is 1. The molecular formula is C8H16N2O. The summed E-state index contributed by atoms with van der Waals surface area (Å²) in [5, 5.41) is 5.93. The van der Waals surface area contributed by atoms with Gasteiger partial charge in [-0.25, -0.2) is 0 Å². The maximum absolute atomic E-state index is 11.3. The minimum atomic E-state index is -0.174. The Balaban J connectivity index is 2.56. The van der Waals surface area contributed by atoms with E-state index in [9.17, 15) is 4.79 Å². The molecule has 1 heterocycles. The van der Waals surface area contributed by atoms with Crippen LogP contribution in [0.2, 0.25) is 0 Å². The van der Waals surface area contributed by atoms with Crippen LogP contribution in [0.4, 0.5) is 0 Å². The molecule has 0 aromatic carbocycles. The molecule has 2 N–H and O–H groups in total. The Morgan fingerprint density at radius 1 is 1.64 bits per heavy atom. The monoisotopic (exact) mass is 156 g/mol. The van der Waals surface area contributed by atoms with Gasteiger partial charge in [-0.05, 0) is 26.3 Å². The Kier molecular flexibility index (Phi) is 2.49. The third-order valence-electron chi connectivity index (χ3n) is 2.37. The van der Waals surface area contributed by atoms with E-state index in [4.69, 9.17) is 0 Å². The first kappa shape index (κ1) is 8.53. The zero-order valence-corrected chi connectivity index (χ0v) is 7.24. The summed E-state index contributed by atoms with van der Waals surface area (Å²) in [5.41, 5.74) is -0.174. The average Bonchev–Trinajstić information content (AvgIpc) is 2.04. The predicted molar refractivity (Wildman–Crippen MR) is 44.3 cm³/mol. The van der Waals surface area contributed by atoms with Crippen LogP contribution in [-0.4, -0.2) is 26.0 Å². The van der Waals surface area contributed by atoms with Crippen molar-refractivity contribution in [3.8, 4) is 0 Å².